The molecule has 2 aromatic rings. The van der Waals surface area contributed by atoms with Gasteiger partial charge >= 0.3 is 11.9 Å². The van der Waals surface area contributed by atoms with Crippen LogP contribution in [0, 0.1) is 6.92 Å². The number of carbonyl (C=O) groups is 2. The molecule has 2 N–H and O–H groups in total. The van der Waals surface area contributed by atoms with Gasteiger partial charge in [0.15, 0.2) is 6.23 Å². The number of carboxylic acids is 2. The Hall–Kier alpha value is -2.61. The zero-order valence-corrected chi connectivity index (χ0v) is 14.0. The van der Waals surface area contributed by atoms with E-state index < -0.39 is 11.9 Å². The number of aryl methyl sites for hydroxylation is 1. The van der Waals surface area contributed by atoms with E-state index in [1.165, 1.54) is 4.90 Å². The summed E-state index contributed by atoms with van der Waals surface area (Å²) in [7, 11) is 0. The van der Waals surface area contributed by atoms with Crippen LogP contribution in [0.4, 0.5) is 5.69 Å². The van der Waals surface area contributed by atoms with Crippen LogP contribution in [0.3, 0.4) is 0 Å². The van der Waals surface area contributed by atoms with Crippen molar-refractivity contribution in [1.29, 1.82) is 0 Å². The molecule has 25 heavy (non-hydrogen) atoms. The molecule has 0 radical (unpaired) electrons. The van der Waals surface area contributed by atoms with Crippen molar-refractivity contribution < 1.29 is 24.5 Å². The normalized spacial score (nSPS) is 17.6. The molecule has 1 aromatic carbocycles. The SMILES string of the molecule is Cc1cc2cnn(C3CCCCO3)c2cc1N(CC(=O)O)CC(=O)O. The fraction of sp³-hybridized carbons (Fsp3) is 0.471. The molecule has 0 amide bonds. The summed E-state index contributed by atoms with van der Waals surface area (Å²) >= 11 is 0. The highest BCUT2D eigenvalue weighted by Gasteiger charge is 2.21. The minimum absolute atomic E-state index is 0.144. The molecule has 1 unspecified atom stereocenters. The van der Waals surface area contributed by atoms with Gasteiger partial charge in [-0.2, -0.15) is 5.10 Å². The number of ether oxygens (including phenoxy) is 1. The lowest BCUT2D eigenvalue weighted by Gasteiger charge is -2.25. The molecule has 1 atom stereocenters. The first-order chi connectivity index (χ1) is 12.0. The van der Waals surface area contributed by atoms with Crippen LogP contribution < -0.4 is 4.90 Å². The second kappa shape index (κ2) is 7.10. The van der Waals surface area contributed by atoms with E-state index in [0.29, 0.717) is 12.3 Å². The average Bonchev–Trinajstić information content (AvgIpc) is 2.96. The number of aromatic nitrogens is 2. The summed E-state index contributed by atoms with van der Waals surface area (Å²) in [6.45, 7) is 1.76. The zero-order chi connectivity index (χ0) is 18.0. The van der Waals surface area contributed by atoms with Crippen molar-refractivity contribution in [3.8, 4) is 0 Å². The Morgan fingerprint density at radius 1 is 1.28 bits per heavy atom. The minimum Gasteiger partial charge on any atom is -0.480 e. The van der Waals surface area contributed by atoms with Crippen molar-refractivity contribution in [3.05, 3.63) is 23.9 Å². The van der Waals surface area contributed by atoms with Crippen molar-refractivity contribution in [1.82, 2.24) is 9.78 Å². The lowest BCUT2D eigenvalue weighted by Crippen LogP contribution is -2.35. The third-order valence-corrected chi connectivity index (χ3v) is 4.33. The topological polar surface area (TPSA) is 105 Å². The molecular formula is C17H21N3O5. The molecule has 1 aromatic heterocycles. The monoisotopic (exact) mass is 347 g/mol. The van der Waals surface area contributed by atoms with Crippen molar-refractivity contribution in [2.45, 2.75) is 32.4 Å². The Balaban J connectivity index is 2.02. The van der Waals surface area contributed by atoms with Crippen LogP contribution in [0.5, 0.6) is 0 Å². The highest BCUT2D eigenvalue weighted by Crippen LogP contribution is 2.31. The standard InChI is InChI=1S/C17H21N3O5/c1-11-6-12-8-18-20(15-4-2-3-5-25-15)14(12)7-13(11)19(9-16(21)22)10-17(23)24/h6-8,15H,2-5,9-10H2,1H3,(H,21,22)(H,23,24). The molecule has 0 aliphatic carbocycles. The molecule has 2 heterocycles. The molecule has 0 saturated carbocycles. The molecule has 8 heteroatoms. The molecule has 8 nitrogen and oxygen atoms in total. The lowest BCUT2D eigenvalue weighted by molar-refractivity contribution is -0.136. The smallest absolute Gasteiger partial charge is 0.323 e. The Labute approximate surface area is 144 Å². The largest absolute Gasteiger partial charge is 0.480 e. The third-order valence-electron chi connectivity index (χ3n) is 4.33. The van der Waals surface area contributed by atoms with Crippen LogP contribution in [0.25, 0.3) is 10.9 Å². The molecule has 1 aliphatic rings. The summed E-state index contributed by atoms with van der Waals surface area (Å²) in [5.41, 5.74) is 2.20. The number of rotatable bonds is 6. The molecule has 1 saturated heterocycles. The van der Waals surface area contributed by atoms with Gasteiger partial charge < -0.3 is 19.8 Å². The van der Waals surface area contributed by atoms with Gasteiger partial charge in [0.2, 0.25) is 0 Å². The number of aliphatic carboxylic acids is 2. The fourth-order valence-corrected chi connectivity index (χ4v) is 3.24. The van der Waals surface area contributed by atoms with Gasteiger partial charge in [0.05, 0.1) is 11.7 Å². The summed E-state index contributed by atoms with van der Waals surface area (Å²) < 4.78 is 7.59. The van der Waals surface area contributed by atoms with Crippen molar-refractivity contribution in [2.24, 2.45) is 0 Å². The fourth-order valence-electron chi connectivity index (χ4n) is 3.24. The van der Waals surface area contributed by atoms with E-state index >= 15 is 0 Å². The highest BCUT2D eigenvalue weighted by molar-refractivity contribution is 5.87. The molecule has 134 valence electrons. The molecule has 3 rings (SSSR count). The van der Waals surface area contributed by atoms with E-state index in [0.717, 1.165) is 35.7 Å². The predicted octanol–water partition coefficient (Wildman–Crippen LogP) is 2.02. The van der Waals surface area contributed by atoms with Gasteiger partial charge in [0.25, 0.3) is 0 Å². The van der Waals surface area contributed by atoms with E-state index in [1.807, 2.05) is 19.1 Å². The molecular weight excluding hydrogens is 326 g/mol. The van der Waals surface area contributed by atoms with E-state index in [1.54, 1.807) is 10.9 Å². The molecule has 1 aliphatic heterocycles. The summed E-state index contributed by atoms with van der Waals surface area (Å²) in [6, 6.07) is 3.70. The number of benzene rings is 1. The van der Waals surface area contributed by atoms with Crippen LogP contribution in [-0.2, 0) is 14.3 Å². The summed E-state index contributed by atoms with van der Waals surface area (Å²) in [4.78, 5) is 23.6. The van der Waals surface area contributed by atoms with Crippen LogP contribution in [0.1, 0.15) is 31.1 Å². The number of hydrogen-bond donors (Lipinski definition) is 2. The van der Waals surface area contributed by atoms with Gasteiger partial charge in [-0.25, -0.2) is 4.68 Å². The quantitative estimate of drug-likeness (QED) is 0.823. The molecule has 0 bridgehead atoms. The molecule has 1 fully saturated rings. The average molecular weight is 347 g/mol. The number of fused-ring (bicyclic) bond motifs is 1. The van der Waals surface area contributed by atoms with Gasteiger partial charge in [-0.15, -0.1) is 0 Å². The Bertz CT molecular complexity index is 779. The van der Waals surface area contributed by atoms with Crippen LogP contribution in [0.15, 0.2) is 18.3 Å². The lowest BCUT2D eigenvalue weighted by atomic mass is 10.1. The number of nitrogens with zero attached hydrogens (tertiary/aromatic N) is 3. The van der Waals surface area contributed by atoms with E-state index in [9.17, 15) is 9.59 Å². The zero-order valence-electron chi connectivity index (χ0n) is 14.0. The Morgan fingerprint density at radius 2 is 2.00 bits per heavy atom. The first-order valence-electron chi connectivity index (χ1n) is 8.23. The summed E-state index contributed by atoms with van der Waals surface area (Å²) in [5, 5.41) is 23.6. The highest BCUT2D eigenvalue weighted by atomic mass is 16.5. The maximum Gasteiger partial charge on any atom is 0.323 e. The Morgan fingerprint density at radius 3 is 2.60 bits per heavy atom. The minimum atomic E-state index is -1.08. The van der Waals surface area contributed by atoms with Crippen molar-refractivity contribution in [3.63, 3.8) is 0 Å². The van der Waals surface area contributed by atoms with Crippen LogP contribution >= 0.6 is 0 Å². The van der Waals surface area contributed by atoms with Crippen molar-refractivity contribution >= 4 is 28.5 Å². The maximum atomic E-state index is 11.1. The second-order valence-electron chi connectivity index (χ2n) is 6.25. The van der Waals surface area contributed by atoms with E-state index in [2.05, 4.69) is 5.10 Å². The Kier molecular flexibility index (Phi) is 4.89. The maximum absolute atomic E-state index is 11.1. The number of carboxylic acid groups (broad SMARTS) is 2. The molecule has 0 spiro atoms. The predicted molar refractivity (Wildman–Crippen MR) is 90.8 cm³/mol. The van der Waals surface area contributed by atoms with E-state index in [-0.39, 0.29) is 19.3 Å². The van der Waals surface area contributed by atoms with Crippen LogP contribution in [0.2, 0.25) is 0 Å². The van der Waals surface area contributed by atoms with Gasteiger partial charge in [0.1, 0.15) is 13.1 Å². The first-order valence-corrected chi connectivity index (χ1v) is 8.23. The number of anilines is 1. The van der Waals surface area contributed by atoms with Gasteiger partial charge in [-0.3, -0.25) is 9.59 Å². The van der Waals surface area contributed by atoms with Gasteiger partial charge in [-0.1, -0.05) is 0 Å². The summed E-state index contributed by atoms with van der Waals surface area (Å²) in [5.74, 6) is -2.16. The first kappa shape index (κ1) is 17.2. The second-order valence-corrected chi connectivity index (χ2v) is 6.25. The van der Waals surface area contributed by atoms with Crippen LogP contribution in [-0.4, -0.2) is 51.6 Å². The third kappa shape index (κ3) is 3.74. The van der Waals surface area contributed by atoms with Crippen molar-refractivity contribution in [2.75, 3.05) is 24.6 Å². The summed E-state index contributed by atoms with van der Waals surface area (Å²) in [6.07, 6.45) is 4.57. The van der Waals surface area contributed by atoms with Gasteiger partial charge in [0, 0.05) is 17.7 Å². The van der Waals surface area contributed by atoms with E-state index in [4.69, 9.17) is 14.9 Å². The van der Waals surface area contributed by atoms with Gasteiger partial charge in [-0.05, 0) is 43.9 Å². The number of hydrogen-bond acceptors (Lipinski definition) is 5.